The van der Waals surface area contributed by atoms with Crippen molar-refractivity contribution in [1.82, 2.24) is 24.6 Å². The van der Waals surface area contributed by atoms with Crippen LogP contribution in [0.5, 0.6) is 17.4 Å². The maximum Gasteiger partial charge on any atom is 0.338 e. The number of esters is 1. The number of fused-ring (bicyclic) bond motifs is 3. The number of benzene rings is 1. The van der Waals surface area contributed by atoms with Crippen molar-refractivity contribution in [2.75, 3.05) is 20.8 Å². The van der Waals surface area contributed by atoms with Gasteiger partial charge in [0.1, 0.15) is 12.1 Å². The average Bonchev–Trinajstić information content (AvgIpc) is 3.32. The van der Waals surface area contributed by atoms with Gasteiger partial charge in [0, 0.05) is 18.0 Å². The summed E-state index contributed by atoms with van der Waals surface area (Å²) in [7, 11) is 3.13. The largest absolute Gasteiger partial charge is 0.493 e. The van der Waals surface area contributed by atoms with E-state index in [0.717, 1.165) is 11.1 Å². The van der Waals surface area contributed by atoms with Gasteiger partial charge >= 0.3 is 5.97 Å². The maximum absolute atomic E-state index is 13.2. The smallest absolute Gasteiger partial charge is 0.338 e. The molecule has 10 heteroatoms. The highest BCUT2D eigenvalue weighted by Gasteiger charge is 2.38. The summed E-state index contributed by atoms with van der Waals surface area (Å²) in [5, 5.41) is 4.58. The van der Waals surface area contributed by atoms with Gasteiger partial charge in [0.2, 0.25) is 5.88 Å². The molecule has 0 spiro atoms. The Morgan fingerprint density at radius 2 is 2.00 bits per heavy atom. The number of methoxy groups -OCH3 is 2. The molecule has 0 radical (unpaired) electrons. The first-order valence-corrected chi connectivity index (χ1v) is 11.0. The second-order valence-electron chi connectivity index (χ2n) is 7.75. The van der Waals surface area contributed by atoms with Gasteiger partial charge in [0.05, 0.1) is 37.9 Å². The van der Waals surface area contributed by atoms with E-state index in [4.69, 9.17) is 23.9 Å². The lowest BCUT2D eigenvalue weighted by Crippen LogP contribution is -2.24. The van der Waals surface area contributed by atoms with Crippen molar-refractivity contribution >= 4 is 11.6 Å². The Morgan fingerprint density at radius 3 is 2.71 bits per heavy atom. The Balaban J connectivity index is 1.77. The summed E-state index contributed by atoms with van der Waals surface area (Å²) in [5.41, 5.74) is 2.96. The van der Waals surface area contributed by atoms with Crippen molar-refractivity contribution in [1.29, 1.82) is 0 Å². The minimum atomic E-state index is -0.597. The Hall–Kier alpha value is -4.47. The first-order chi connectivity index (χ1) is 17.0. The molecular formula is C25H23N5O5. The fourth-order valence-electron chi connectivity index (χ4n) is 4.19. The maximum atomic E-state index is 13.2. The molecule has 10 nitrogen and oxygen atoms in total. The van der Waals surface area contributed by atoms with Crippen molar-refractivity contribution < 1.29 is 23.7 Å². The summed E-state index contributed by atoms with van der Waals surface area (Å²) in [5.74, 6) is 1.23. The van der Waals surface area contributed by atoms with Crippen LogP contribution in [0.3, 0.4) is 0 Å². The van der Waals surface area contributed by atoms with Crippen LogP contribution >= 0.6 is 0 Å². The normalized spacial score (nSPS) is 14.9. The van der Waals surface area contributed by atoms with Crippen LogP contribution in [0.4, 0.5) is 0 Å². The molecule has 0 amide bonds. The Kier molecular flexibility index (Phi) is 5.77. The van der Waals surface area contributed by atoms with Crippen LogP contribution in [0.15, 0.2) is 60.4 Å². The quantitative estimate of drug-likeness (QED) is 0.388. The van der Waals surface area contributed by atoms with E-state index in [1.165, 1.54) is 6.33 Å². The third kappa shape index (κ3) is 3.82. The van der Waals surface area contributed by atoms with E-state index in [-0.39, 0.29) is 6.61 Å². The van der Waals surface area contributed by atoms with Crippen molar-refractivity contribution in [2.24, 2.45) is 0 Å². The fraction of sp³-hybridized carbons (Fsp3) is 0.240. The third-order valence-corrected chi connectivity index (χ3v) is 5.75. The summed E-state index contributed by atoms with van der Waals surface area (Å²) in [6.45, 7) is 3.70. The van der Waals surface area contributed by atoms with Gasteiger partial charge in [-0.25, -0.2) is 19.3 Å². The third-order valence-electron chi connectivity index (χ3n) is 5.75. The number of nitrogens with zero attached hydrogens (tertiary/aromatic N) is 5. The van der Waals surface area contributed by atoms with Gasteiger partial charge in [0.25, 0.3) is 0 Å². The number of carbonyl (C=O) groups excluding carboxylic acids is 1. The molecule has 3 aromatic heterocycles. The molecule has 35 heavy (non-hydrogen) atoms. The molecule has 0 saturated heterocycles. The summed E-state index contributed by atoms with van der Waals surface area (Å²) in [4.78, 5) is 26.6. The van der Waals surface area contributed by atoms with E-state index in [1.54, 1.807) is 51.0 Å². The number of carbonyl (C=O) groups is 1. The van der Waals surface area contributed by atoms with Crippen molar-refractivity contribution in [3.8, 4) is 28.8 Å². The summed E-state index contributed by atoms with van der Waals surface area (Å²) < 4.78 is 23.9. The molecule has 1 aliphatic heterocycles. The monoisotopic (exact) mass is 473 g/mol. The van der Waals surface area contributed by atoms with Gasteiger partial charge in [-0.05, 0) is 43.7 Å². The van der Waals surface area contributed by atoms with Crippen molar-refractivity contribution in [3.63, 3.8) is 0 Å². The summed E-state index contributed by atoms with van der Waals surface area (Å²) in [6.07, 6.45) is 4.91. The van der Waals surface area contributed by atoms with Crippen molar-refractivity contribution in [2.45, 2.75) is 19.8 Å². The second kappa shape index (κ2) is 9.05. The van der Waals surface area contributed by atoms with Crippen LogP contribution in [0.1, 0.15) is 30.9 Å². The summed E-state index contributed by atoms with van der Waals surface area (Å²) in [6, 6.07) is 9.18. The standard InChI is InChI=1S/C25H23N5O5/c1-5-34-25(31)19-14(2)35-24-21(20(19)15-8-9-17(32-3)18(11-15)33-4)23-28-22(29-30(23)13-27-24)16-7-6-10-26-12-16/h6-13,20H,5H2,1-4H3/t20-/m1/s1. The topological polar surface area (TPSA) is 110 Å². The Morgan fingerprint density at radius 1 is 1.17 bits per heavy atom. The predicted octanol–water partition coefficient (Wildman–Crippen LogP) is 3.56. The molecule has 1 atom stereocenters. The summed E-state index contributed by atoms with van der Waals surface area (Å²) >= 11 is 0. The molecule has 0 fully saturated rings. The molecule has 0 bridgehead atoms. The minimum Gasteiger partial charge on any atom is -0.493 e. The fourth-order valence-corrected chi connectivity index (χ4v) is 4.19. The highest BCUT2D eigenvalue weighted by molar-refractivity contribution is 5.93. The number of aromatic nitrogens is 5. The van der Waals surface area contributed by atoms with E-state index in [2.05, 4.69) is 15.1 Å². The van der Waals surface area contributed by atoms with Crippen LogP contribution in [-0.4, -0.2) is 51.4 Å². The average molecular weight is 473 g/mol. The zero-order valence-electron chi connectivity index (χ0n) is 19.7. The first kappa shape index (κ1) is 22.3. The number of pyridine rings is 1. The van der Waals surface area contributed by atoms with Crippen LogP contribution in [-0.2, 0) is 9.53 Å². The lowest BCUT2D eigenvalue weighted by atomic mass is 9.83. The number of ether oxygens (including phenoxy) is 4. The lowest BCUT2D eigenvalue weighted by Gasteiger charge is -2.28. The highest BCUT2D eigenvalue weighted by Crippen LogP contribution is 2.46. The molecular weight excluding hydrogens is 450 g/mol. The van der Waals surface area contributed by atoms with Gasteiger partial charge < -0.3 is 18.9 Å². The Labute approximate surface area is 201 Å². The van der Waals surface area contributed by atoms with Gasteiger partial charge in [0.15, 0.2) is 23.0 Å². The number of hydrogen-bond acceptors (Lipinski definition) is 9. The molecule has 1 aromatic carbocycles. The van der Waals surface area contributed by atoms with E-state index >= 15 is 0 Å². The molecule has 0 unspecified atom stereocenters. The number of hydrogen-bond donors (Lipinski definition) is 0. The molecule has 5 rings (SSSR count). The molecule has 178 valence electrons. The Bertz CT molecular complexity index is 1450. The molecule has 0 aliphatic carbocycles. The van der Waals surface area contributed by atoms with Gasteiger partial charge in [-0.2, -0.15) is 0 Å². The minimum absolute atomic E-state index is 0.222. The zero-order chi connectivity index (χ0) is 24.5. The first-order valence-electron chi connectivity index (χ1n) is 11.0. The van der Waals surface area contributed by atoms with E-state index in [0.29, 0.717) is 45.7 Å². The van der Waals surface area contributed by atoms with E-state index in [9.17, 15) is 4.79 Å². The predicted molar refractivity (Wildman–Crippen MR) is 125 cm³/mol. The van der Waals surface area contributed by atoms with Crippen LogP contribution < -0.4 is 14.2 Å². The lowest BCUT2D eigenvalue weighted by molar-refractivity contribution is -0.139. The van der Waals surface area contributed by atoms with E-state index < -0.39 is 11.9 Å². The van der Waals surface area contributed by atoms with Gasteiger partial charge in [-0.3, -0.25) is 4.98 Å². The molecule has 0 N–H and O–H groups in total. The molecule has 4 heterocycles. The van der Waals surface area contributed by atoms with E-state index in [1.807, 2.05) is 24.3 Å². The van der Waals surface area contributed by atoms with Crippen LogP contribution in [0.25, 0.3) is 17.0 Å². The van der Waals surface area contributed by atoms with Crippen LogP contribution in [0, 0.1) is 0 Å². The SMILES string of the molecule is CCOC(=O)C1=C(C)Oc2ncn3nc(-c4cccnc4)nc3c2[C@@H]1c1ccc(OC)c(OC)c1. The van der Waals surface area contributed by atoms with Crippen molar-refractivity contribution in [3.05, 3.63) is 71.5 Å². The second-order valence-corrected chi connectivity index (χ2v) is 7.75. The molecule has 1 aliphatic rings. The highest BCUT2D eigenvalue weighted by atomic mass is 16.5. The van der Waals surface area contributed by atoms with Gasteiger partial charge in [-0.15, -0.1) is 5.10 Å². The molecule has 4 aromatic rings. The zero-order valence-corrected chi connectivity index (χ0v) is 19.7. The molecule has 0 saturated carbocycles. The number of rotatable bonds is 6. The van der Waals surface area contributed by atoms with Gasteiger partial charge in [-0.1, -0.05) is 6.07 Å². The number of allylic oxidation sites excluding steroid dienone is 1. The van der Waals surface area contributed by atoms with Crippen LogP contribution in [0.2, 0.25) is 0 Å².